The number of nitrogens with one attached hydrogen (secondary N) is 1. The molecule has 1 aromatic heterocycles. The lowest BCUT2D eigenvalue weighted by atomic mass is 10.2. The van der Waals surface area contributed by atoms with Crippen LogP contribution in [0.25, 0.3) is 17.1 Å². The standard InChI is InChI=1S/C21H20ClN5OS/c1-26(2)9-10-27-13-23-17-8-7-14(11-18(17)27)12-19-20(28)25-21(29-19)24-16-6-4-3-5-15(16)22/h3-8,11-13H,9-10H2,1-2H3,(H,24,25,28)/b19-12+. The van der Waals surface area contributed by atoms with Crippen molar-refractivity contribution in [3.05, 3.63) is 64.3 Å². The third-order valence-corrected chi connectivity index (χ3v) is 5.69. The van der Waals surface area contributed by atoms with Crippen molar-refractivity contribution < 1.29 is 4.79 Å². The fourth-order valence-electron chi connectivity index (χ4n) is 2.93. The monoisotopic (exact) mass is 425 g/mol. The van der Waals surface area contributed by atoms with Crippen molar-refractivity contribution >= 4 is 57.2 Å². The van der Waals surface area contributed by atoms with Crippen molar-refractivity contribution in [1.29, 1.82) is 0 Å². The average molecular weight is 426 g/mol. The highest BCUT2D eigenvalue weighted by molar-refractivity contribution is 8.18. The number of rotatable bonds is 5. The van der Waals surface area contributed by atoms with E-state index in [1.165, 1.54) is 11.8 Å². The van der Waals surface area contributed by atoms with Crippen LogP contribution in [0, 0.1) is 0 Å². The highest BCUT2D eigenvalue weighted by Crippen LogP contribution is 2.31. The van der Waals surface area contributed by atoms with E-state index in [1.54, 1.807) is 6.07 Å². The summed E-state index contributed by atoms with van der Waals surface area (Å²) < 4.78 is 2.13. The highest BCUT2D eigenvalue weighted by Gasteiger charge is 2.24. The number of hydrogen-bond donors (Lipinski definition) is 1. The fraction of sp³-hybridized carbons (Fsp3) is 0.190. The van der Waals surface area contributed by atoms with Crippen molar-refractivity contribution in [3.63, 3.8) is 0 Å². The Labute approximate surface area is 178 Å². The first-order valence-corrected chi connectivity index (χ1v) is 10.3. The average Bonchev–Trinajstić information content (AvgIpc) is 3.25. The SMILES string of the molecule is CN(C)CCn1cnc2ccc(/C=C3/SC(=Nc4ccccc4Cl)NC3=O)cc21. The molecule has 1 aliphatic rings. The van der Waals surface area contributed by atoms with Crippen LogP contribution in [-0.2, 0) is 11.3 Å². The van der Waals surface area contributed by atoms with Gasteiger partial charge in [0, 0.05) is 13.1 Å². The molecule has 0 bridgehead atoms. The smallest absolute Gasteiger partial charge is 0.264 e. The van der Waals surface area contributed by atoms with Gasteiger partial charge in [-0.1, -0.05) is 29.8 Å². The number of fused-ring (bicyclic) bond motifs is 1. The number of aliphatic imine (C=N–C) groups is 1. The molecular formula is C21H20ClN5OS. The molecule has 0 unspecified atom stereocenters. The molecule has 2 aromatic carbocycles. The number of amidine groups is 1. The molecule has 1 aliphatic heterocycles. The molecule has 29 heavy (non-hydrogen) atoms. The summed E-state index contributed by atoms with van der Waals surface area (Å²) in [6, 6.07) is 13.3. The van der Waals surface area contributed by atoms with Gasteiger partial charge >= 0.3 is 0 Å². The molecule has 0 radical (unpaired) electrons. The maximum atomic E-state index is 12.4. The van der Waals surface area contributed by atoms with Crippen molar-refractivity contribution in [3.8, 4) is 0 Å². The Morgan fingerprint density at radius 1 is 1.28 bits per heavy atom. The number of benzene rings is 2. The number of aromatic nitrogens is 2. The second-order valence-electron chi connectivity index (χ2n) is 6.92. The minimum absolute atomic E-state index is 0.165. The van der Waals surface area contributed by atoms with Gasteiger partial charge in [0.25, 0.3) is 5.91 Å². The number of amides is 1. The van der Waals surface area contributed by atoms with Gasteiger partial charge in [-0.05, 0) is 61.8 Å². The number of halogens is 1. The van der Waals surface area contributed by atoms with Crippen LogP contribution in [0.15, 0.2) is 58.7 Å². The van der Waals surface area contributed by atoms with Crippen LogP contribution in [-0.4, -0.2) is 46.2 Å². The zero-order chi connectivity index (χ0) is 20.4. The zero-order valence-corrected chi connectivity index (χ0v) is 17.7. The molecule has 1 saturated heterocycles. The number of carbonyl (C=O) groups excluding carboxylic acids is 1. The predicted octanol–water partition coefficient (Wildman–Crippen LogP) is 4.14. The molecule has 4 rings (SSSR count). The van der Waals surface area contributed by atoms with Crippen molar-refractivity contribution in [2.45, 2.75) is 6.54 Å². The fourth-order valence-corrected chi connectivity index (χ4v) is 3.95. The summed E-state index contributed by atoms with van der Waals surface area (Å²) in [7, 11) is 4.10. The van der Waals surface area contributed by atoms with E-state index < -0.39 is 0 Å². The molecular weight excluding hydrogens is 406 g/mol. The van der Waals surface area contributed by atoms with Crippen molar-refractivity contribution in [2.24, 2.45) is 4.99 Å². The summed E-state index contributed by atoms with van der Waals surface area (Å²) in [4.78, 5) is 24.0. The van der Waals surface area contributed by atoms with Crippen LogP contribution in [0.4, 0.5) is 5.69 Å². The highest BCUT2D eigenvalue weighted by atomic mass is 35.5. The van der Waals surface area contributed by atoms with Crippen LogP contribution < -0.4 is 5.32 Å². The van der Waals surface area contributed by atoms with E-state index in [4.69, 9.17) is 11.6 Å². The Morgan fingerprint density at radius 2 is 2.10 bits per heavy atom. The van der Waals surface area contributed by atoms with E-state index in [2.05, 4.69) is 30.8 Å². The van der Waals surface area contributed by atoms with E-state index in [9.17, 15) is 4.79 Å². The van der Waals surface area contributed by atoms with Gasteiger partial charge in [0.15, 0.2) is 5.17 Å². The summed E-state index contributed by atoms with van der Waals surface area (Å²) in [5, 5.41) is 3.87. The molecule has 3 aromatic rings. The van der Waals surface area contributed by atoms with Gasteiger partial charge in [-0.15, -0.1) is 0 Å². The van der Waals surface area contributed by atoms with Gasteiger partial charge in [-0.25, -0.2) is 9.98 Å². The Balaban J connectivity index is 1.59. The number of nitrogens with zero attached hydrogens (tertiary/aromatic N) is 4. The van der Waals surface area contributed by atoms with Gasteiger partial charge in [0.1, 0.15) is 0 Å². The lowest BCUT2D eigenvalue weighted by Gasteiger charge is -2.10. The minimum atomic E-state index is -0.165. The topological polar surface area (TPSA) is 62.5 Å². The number of imidazole rings is 1. The van der Waals surface area contributed by atoms with Crippen LogP contribution in [0.3, 0.4) is 0 Å². The van der Waals surface area contributed by atoms with E-state index >= 15 is 0 Å². The molecule has 0 atom stereocenters. The number of hydrogen-bond acceptors (Lipinski definition) is 5. The number of likely N-dealkylation sites (N-methyl/N-ethyl adjacent to an activating group) is 1. The Bertz CT molecular complexity index is 1140. The van der Waals surface area contributed by atoms with E-state index in [1.807, 2.05) is 56.8 Å². The van der Waals surface area contributed by atoms with Crippen molar-refractivity contribution in [2.75, 3.05) is 20.6 Å². The molecule has 1 fully saturated rings. The summed E-state index contributed by atoms with van der Waals surface area (Å²) in [6.07, 6.45) is 3.73. The Hall–Kier alpha value is -2.61. The van der Waals surface area contributed by atoms with E-state index in [0.717, 1.165) is 29.7 Å². The van der Waals surface area contributed by atoms with Crippen LogP contribution in [0.5, 0.6) is 0 Å². The first kappa shape index (κ1) is 19.7. The molecule has 148 valence electrons. The van der Waals surface area contributed by atoms with E-state index in [0.29, 0.717) is 20.8 Å². The molecule has 2 heterocycles. The third kappa shape index (κ3) is 4.53. The summed E-state index contributed by atoms with van der Waals surface area (Å²) >= 11 is 7.46. The zero-order valence-electron chi connectivity index (χ0n) is 16.1. The quantitative estimate of drug-likeness (QED) is 0.624. The van der Waals surface area contributed by atoms with Crippen LogP contribution >= 0.6 is 23.4 Å². The molecule has 6 nitrogen and oxygen atoms in total. The summed E-state index contributed by atoms with van der Waals surface area (Å²) in [5.41, 5.74) is 3.56. The second kappa shape index (κ2) is 8.41. The molecule has 1 amide bonds. The first-order chi connectivity index (χ1) is 14.0. The van der Waals surface area contributed by atoms with Gasteiger partial charge < -0.3 is 14.8 Å². The Morgan fingerprint density at radius 3 is 2.90 bits per heavy atom. The normalized spacial score (nSPS) is 17.0. The summed E-state index contributed by atoms with van der Waals surface area (Å²) in [6.45, 7) is 1.78. The lowest BCUT2D eigenvalue weighted by molar-refractivity contribution is -0.115. The van der Waals surface area contributed by atoms with Crippen molar-refractivity contribution in [1.82, 2.24) is 19.8 Å². The first-order valence-electron chi connectivity index (χ1n) is 9.13. The van der Waals surface area contributed by atoms with Gasteiger partial charge in [0.2, 0.25) is 0 Å². The van der Waals surface area contributed by atoms with E-state index in [-0.39, 0.29) is 5.91 Å². The van der Waals surface area contributed by atoms with Gasteiger partial charge in [0.05, 0.1) is 33.0 Å². The number of carbonyl (C=O) groups is 1. The maximum Gasteiger partial charge on any atom is 0.264 e. The number of para-hydroxylation sites is 1. The maximum absolute atomic E-state index is 12.4. The third-order valence-electron chi connectivity index (χ3n) is 4.46. The lowest BCUT2D eigenvalue weighted by Crippen LogP contribution is -2.19. The van der Waals surface area contributed by atoms with Crippen LogP contribution in [0.1, 0.15) is 5.56 Å². The predicted molar refractivity (Wildman–Crippen MR) is 121 cm³/mol. The minimum Gasteiger partial charge on any atom is -0.329 e. The van der Waals surface area contributed by atoms with Gasteiger partial charge in [-0.2, -0.15) is 0 Å². The molecule has 0 saturated carbocycles. The molecule has 1 N–H and O–H groups in total. The second-order valence-corrected chi connectivity index (χ2v) is 8.36. The number of thioether (sulfide) groups is 1. The Kier molecular flexibility index (Phi) is 5.71. The summed E-state index contributed by atoms with van der Waals surface area (Å²) in [5.74, 6) is -0.165. The molecule has 0 spiro atoms. The molecule has 8 heteroatoms. The molecule has 0 aliphatic carbocycles. The van der Waals surface area contributed by atoms with Gasteiger partial charge in [-0.3, -0.25) is 4.79 Å². The largest absolute Gasteiger partial charge is 0.329 e. The van der Waals surface area contributed by atoms with Crippen LogP contribution in [0.2, 0.25) is 5.02 Å².